The summed E-state index contributed by atoms with van der Waals surface area (Å²) >= 11 is 0. The summed E-state index contributed by atoms with van der Waals surface area (Å²) < 4.78 is 6.88. The highest BCUT2D eigenvalue weighted by Gasteiger charge is 2.33. The van der Waals surface area contributed by atoms with Crippen molar-refractivity contribution in [3.63, 3.8) is 0 Å². The van der Waals surface area contributed by atoms with Crippen molar-refractivity contribution in [3.8, 4) is 17.1 Å². The summed E-state index contributed by atoms with van der Waals surface area (Å²) in [5.41, 5.74) is 5.60. The van der Waals surface area contributed by atoms with Gasteiger partial charge in [0.25, 0.3) is 5.56 Å². The lowest BCUT2D eigenvalue weighted by Crippen LogP contribution is -2.31. The first-order valence-electron chi connectivity index (χ1n) is 9.07. The van der Waals surface area contributed by atoms with Crippen LogP contribution in [0, 0.1) is 0 Å². The topological polar surface area (TPSA) is 81.4 Å². The maximum atomic E-state index is 13.1. The van der Waals surface area contributed by atoms with Gasteiger partial charge in [0.05, 0.1) is 34.9 Å². The maximum Gasteiger partial charge on any atom is 0.313 e. The summed E-state index contributed by atoms with van der Waals surface area (Å²) in [6.07, 6.45) is 0.769. The summed E-state index contributed by atoms with van der Waals surface area (Å²) in [5.74, 6) is -0.563. The average molecular weight is 362 g/mol. The number of hydrogen-bond donors (Lipinski definition) is 1. The Morgan fingerprint density at radius 2 is 2.07 bits per heavy atom. The smallest absolute Gasteiger partial charge is 0.313 e. The number of rotatable bonds is 1. The highest BCUT2D eigenvalue weighted by atomic mass is 16.5. The number of aromatic hydroxyl groups is 1. The summed E-state index contributed by atoms with van der Waals surface area (Å²) in [4.78, 5) is 29.8. The van der Waals surface area contributed by atoms with Crippen molar-refractivity contribution < 1.29 is 14.6 Å². The molecule has 6 nitrogen and oxygen atoms in total. The minimum atomic E-state index is -0.459. The second-order valence-corrected chi connectivity index (χ2v) is 7.16. The molecule has 0 spiro atoms. The van der Waals surface area contributed by atoms with Gasteiger partial charge < -0.3 is 14.4 Å². The zero-order chi connectivity index (χ0) is 18.9. The van der Waals surface area contributed by atoms with Crippen molar-refractivity contribution >= 4 is 16.9 Å². The number of aromatic nitrogens is 2. The van der Waals surface area contributed by atoms with Crippen LogP contribution in [-0.4, -0.2) is 20.6 Å². The monoisotopic (exact) mass is 362 g/mol. The standard InChI is InChI=1S/C21H18N2O4/c1-3-12-14-6-11(24)4-5-17(14)22-19-15(12)8-23-18(19)7-13-10(2)21(26)27-9-16(13)20(23)25/h4-7,10,24H,3,8-9H2,1-2H3/t10-/m0/s1. The van der Waals surface area contributed by atoms with Crippen molar-refractivity contribution in [3.05, 3.63) is 56.9 Å². The van der Waals surface area contributed by atoms with Gasteiger partial charge in [-0.25, -0.2) is 4.98 Å². The number of ether oxygens (including phenoxy) is 1. The Morgan fingerprint density at radius 3 is 2.85 bits per heavy atom. The number of aryl methyl sites for hydroxylation is 1. The van der Waals surface area contributed by atoms with E-state index in [-0.39, 0.29) is 23.9 Å². The molecule has 0 aliphatic carbocycles. The molecule has 27 heavy (non-hydrogen) atoms. The Labute approximate surface area is 155 Å². The summed E-state index contributed by atoms with van der Waals surface area (Å²) in [6, 6.07) is 7.07. The number of pyridine rings is 2. The second-order valence-electron chi connectivity index (χ2n) is 7.16. The average Bonchev–Trinajstić information content (AvgIpc) is 3.02. The molecule has 0 radical (unpaired) electrons. The lowest BCUT2D eigenvalue weighted by atomic mass is 9.93. The quantitative estimate of drug-likeness (QED) is 0.527. The Kier molecular flexibility index (Phi) is 3.22. The summed E-state index contributed by atoms with van der Waals surface area (Å²) in [6.45, 7) is 4.30. The molecule has 3 aromatic rings. The van der Waals surface area contributed by atoms with Gasteiger partial charge >= 0.3 is 5.97 Å². The van der Waals surface area contributed by atoms with Crippen LogP contribution in [0.3, 0.4) is 0 Å². The van der Waals surface area contributed by atoms with E-state index < -0.39 is 5.92 Å². The number of carbonyl (C=O) groups excluding carboxylic acids is 1. The molecule has 4 heterocycles. The minimum absolute atomic E-state index is 0.0257. The highest BCUT2D eigenvalue weighted by Crippen LogP contribution is 2.38. The van der Waals surface area contributed by atoms with E-state index in [0.717, 1.165) is 45.4 Å². The fourth-order valence-electron chi connectivity index (χ4n) is 4.29. The van der Waals surface area contributed by atoms with Gasteiger partial charge in [0.2, 0.25) is 0 Å². The van der Waals surface area contributed by atoms with E-state index in [9.17, 15) is 14.7 Å². The van der Waals surface area contributed by atoms with Gasteiger partial charge in [-0.15, -0.1) is 0 Å². The van der Waals surface area contributed by atoms with Gasteiger partial charge in [0, 0.05) is 10.9 Å². The van der Waals surface area contributed by atoms with Gasteiger partial charge in [-0.2, -0.15) is 0 Å². The van der Waals surface area contributed by atoms with Gasteiger partial charge in [0.1, 0.15) is 12.4 Å². The number of benzene rings is 1. The number of cyclic esters (lactones) is 1. The molecular weight excluding hydrogens is 344 g/mol. The SMILES string of the molecule is CCc1c2c(nc3ccc(O)cc13)-c1cc3c(c(=O)n1C2)COC(=O)[C@H]3C. The van der Waals surface area contributed by atoms with Crippen LogP contribution in [0.4, 0.5) is 0 Å². The van der Waals surface area contributed by atoms with Gasteiger partial charge in [-0.1, -0.05) is 6.92 Å². The Hall–Kier alpha value is -3.15. The van der Waals surface area contributed by atoms with Crippen LogP contribution in [0.5, 0.6) is 5.75 Å². The number of fused-ring (bicyclic) bond motifs is 5. The zero-order valence-electron chi connectivity index (χ0n) is 15.1. The predicted molar refractivity (Wildman–Crippen MR) is 99.8 cm³/mol. The van der Waals surface area contributed by atoms with E-state index >= 15 is 0 Å². The van der Waals surface area contributed by atoms with Crippen LogP contribution >= 0.6 is 0 Å². The molecule has 1 atom stereocenters. The van der Waals surface area contributed by atoms with Crippen LogP contribution in [-0.2, 0) is 29.1 Å². The van der Waals surface area contributed by atoms with E-state index in [0.29, 0.717) is 12.1 Å². The third-order valence-electron chi connectivity index (χ3n) is 5.71. The largest absolute Gasteiger partial charge is 0.508 e. The van der Waals surface area contributed by atoms with Crippen molar-refractivity contribution in [2.75, 3.05) is 0 Å². The first-order valence-corrected chi connectivity index (χ1v) is 9.07. The third-order valence-corrected chi connectivity index (χ3v) is 5.71. The second kappa shape index (κ2) is 5.42. The maximum absolute atomic E-state index is 13.1. The molecule has 0 saturated heterocycles. The van der Waals surface area contributed by atoms with Crippen molar-refractivity contribution in [2.45, 2.75) is 39.3 Å². The van der Waals surface area contributed by atoms with E-state index in [1.807, 2.05) is 6.07 Å². The third kappa shape index (κ3) is 2.10. The van der Waals surface area contributed by atoms with Crippen LogP contribution in [0.25, 0.3) is 22.3 Å². The van der Waals surface area contributed by atoms with Crippen molar-refractivity contribution in [2.24, 2.45) is 0 Å². The molecule has 0 bridgehead atoms. The number of phenolic OH excluding ortho intramolecular Hbond substituents is 1. The molecule has 2 aliphatic heterocycles. The first kappa shape index (κ1) is 16.1. The molecule has 6 heteroatoms. The normalized spacial score (nSPS) is 17.4. The molecule has 2 aliphatic rings. The van der Waals surface area contributed by atoms with Gasteiger partial charge in [-0.05, 0) is 48.7 Å². The number of nitrogens with zero attached hydrogens (tertiary/aromatic N) is 2. The zero-order valence-corrected chi connectivity index (χ0v) is 15.1. The van der Waals surface area contributed by atoms with E-state index in [1.165, 1.54) is 0 Å². The van der Waals surface area contributed by atoms with Gasteiger partial charge in [-0.3, -0.25) is 9.59 Å². The molecule has 1 N–H and O–H groups in total. The molecular formula is C21H18N2O4. The molecule has 0 saturated carbocycles. The predicted octanol–water partition coefficient (Wildman–Crippen LogP) is 2.85. The lowest BCUT2D eigenvalue weighted by molar-refractivity contribution is -0.147. The number of phenols is 1. The number of hydrogen-bond acceptors (Lipinski definition) is 5. The molecule has 2 aromatic heterocycles. The Balaban J connectivity index is 1.83. The highest BCUT2D eigenvalue weighted by molar-refractivity contribution is 5.89. The van der Waals surface area contributed by atoms with Crippen molar-refractivity contribution in [1.29, 1.82) is 0 Å². The summed E-state index contributed by atoms with van der Waals surface area (Å²) in [5, 5.41) is 10.8. The van der Waals surface area contributed by atoms with E-state index in [4.69, 9.17) is 9.72 Å². The van der Waals surface area contributed by atoms with Gasteiger partial charge in [0.15, 0.2) is 0 Å². The van der Waals surface area contributed by atoms with Crippen LogP contribution in [0.15, 0.2) is 29.1 Å². The molecule has 5 rings (SSSR count). The molecule has 0 fully saturated rings. The van der Waals surface area contributed by atoms with E-state index in [1.54, 1.807) is 29.7 Å². The van der Waals surface area contributed by atoms with E-state index in [2.05, 4.69) is 6.92 Å². The molecule has 0 amide bonds. The first-order chi connectivity index (χ1) is 13.0. The van der Waals surface area contributed by atoms with Crippen LogP contribution < -0.4 is 5.56 Å². The molecule has 0 unspecified atom stereocenters. The molecule has 1 aromatic carbocycles. The van der Waals surface area contributed by atoms with Crippen LogP contribution in [0.1, 0.15) is 42.0 Å². The summed E-state index contributed by atoms with van der Waals surface area (Å²) in [7, 11) is 0. The minimum Gasteiger partial charge on any atom is -0.508 e. The fraction of sp³-hybridized carbons (Fsp3) is 0.286. The van der Waals surface area contributed by atoms with Crippen molar-refractivity contribution in [1.82, 2.24) is 9.55 Å². The number of esters is 1. The lowest BCUT2D eigenvalue weighted by Gasteiger charge is -2.22. The fourth-order valence-corrected chi connectivity index (χ4v) is 4.29. The number of carbonyl (C=O) groups is 1. The Bertz CT molecular complexity index is 1210. The molecule has 136 valence electrons. The Morgan fingerprint density at radius 1 is 1.26 bits per heavy atom. The van der Waals surface area contributed by atoms with Crippen LogP contribution in [0.2, 0.25) is 0 Å².